The average Bonchev–Trinajstić information content (AvgIpc) is 2.79. The summed E-state index contributed by atoms with van der Waals surface area (Å²) in [7, 11) is 0. The topological polar surface area (TPSA) is 30.7 Å². The molecule has 1 aromatic carbocycles. The van der Waals surface area contributed by atoms with Crippen molar-refractivity contribution in [3.05, 3.63) is 54.0 Å². The third-order valence-corrected chi connectivity index (χ3v) is 3.25. The molecule has 18 heavy (non-hydrogen) atoms. The van der Waals surface area contributed by atoms with Crippen molar-refractivity contribution in [2.45, 2.75) is 20.3 Å². The van der Waals surface area contributed by atoms with E-state index < -0.39 is 0 Å². The van der Waals surface area contributed by atoms with Gasteiger partial charge in [-0.1, -0.05) is 25.1 Å². The molecule has 0 aliphatic carbocycles. The molecule has 0 aliphatic rings. The van der Waals surface area contributed by atoms with Crippen molar-refractivity contribution in [2.75, 3.05) is 0 Å². The number of hydrogen-bond acceptors (Lipinski definition) is 2. The summed E-state index contributed by atoms with van der Waals surface area (Å²) in [6, 6.07) is 10.2. The second-order valence-corrected chi connectivity index (χ2v) is 4.39. The highest BCUT2D eigenvalue weighted by atomic mass is 15.3. The van der Waals surface area contributed by atoms with Crippen molar-refractivity contribution < 1.29 is 0 Å². The van der Waals surface area contributed by atoms with Crippen LogP contribution in [0.25, 0.3) is 16.6 Å². The number of para-hydroxylation sites is 1. The maximum Gasteiger partial charge on any atom is 0.0755 e. The van der Waals surface area contributed by atoms with E-state index >= 15 is 0 Å². The number of aromatic nitrogens is 3. The molecule has 2 aromatic heterocycles. The molecule has 0 bridgehead atoms. The quantitative estimate of drug-likeness (QED) is 0.684. The Morgan fingerprint density at radius 2 is 2.00 bits per heavy atom. The molecule has 3 nitrogen and oxygen atoms in total. The van der Waals surface area contributed by atoms with E-state index in [-0.39, 0.29) is 0 Å². The Bertz CT molecular complexity index is 693. The van der Waals surface area contributed by atoms with Gasteiger partial charge in [0.2, 0.25) is 0 Å². The lowest BCUT2D eigenvalue weighted by Gasteiger charge is -2.05. The van der Waals surface area contributed by atoms with E-state index in [0.29, 0.717) is 0 Å². The minimum Gasteiger partial charge on any atom is -0.256 e. The van der Waals surface area contributed by atoms with E-state index in [1.807, 2.05) is 35.1 Å². The predicted octanol–water partition coefficient (Wildman–Crippen LogP) is 3.29. The van der Waals surface area contributed by atoms with Gasteiger partial charge in [-0.3, -0.25) is 4.98 Å². The van der Waals surface area contributed by atoms with Crippen LogP contribution in [0.2, 0.25) is 0 Å². The molecule has 2 heterocycles. The molecule has 0 amide bonds. The lowest BCUT2D eigenvalue weighted by molar-refractivity contribution is 0.868. The van der Waals surface area contributed by atoms with E-state index in [4.69, 9.17) is 0 Å². The minimum atomic E-state index is 1.00. The first-order valence-electron chi connectivity index (χ1n) is 6.19. The molecular formula is C15H15N3. The fraction of sp³-hybridized carbons (Fsp3) is 0.200. The van der Waals surface area contributed by atoms with Crippen molar-refractivity contribution in [1.29, 1.82) is 0 Å². The van der Waals surface area contributed by atoms with Crippen LogP contribution in [0.4, 0.5) is 0 Å². The van der Waals surface area contributed by atoms with E-state index in [2.05, 4.69) is 36.2 Å². The van der Waals surface area contributed by atoms with Gasteiger partial charge < -0.3 is 0 Å². The summed E-state index contributed by atoms with van der Waals surface area (Å²) in [4.78, 5) is 4.38. The highest BCUT2D eigenvalue weighted by molar-refractivity contribution is 5.86. The fourth-order valence-electron chi connectivity index (χ4n) is 2.25. The Morgan fingerprint density at radius 3 is 2.78 bits per heavy atom. The number of aryl methyl sites for hydroxylation is 2. The van der Waals surface area contributed by atoms with Crippen LogP contribution in [0.1, 0.15) is 18.2 Å². The second kappa shape index (κ2) is 4.26. The zero-order valence-corrected chi connectivity index (χ0v) is 10.6. The molecule has 3 heteroatoms. The highest BCUT2D eigenvalue weighted by Crippen LogP contribution is 2.21. The van der Waals surface area contributed by atoms with E-state index in [1.165, 1.54) is 5.56 Å². The molecule has 0 radical (unpaired) electrons. The van der Waals surface area contributed by atoms with E-state index in [1.54, 1.807) is 0 Å². The molecule has 0 aliphatic heterocycles. The number of rotatable bonds is 2. The van der Waals surface area contributed by atoms with Gasteiger partial charge in [0, 0.05) is 17.8 Å². The fourth-order valence-corrected chi connectivity index (χ4v) is 2.25. The molecule has 3 rings (SSSR count). The minimum absolute atomic E-state index is 1.00. The molecule has 0 N–H and O–H groups in total. The SMILES string of the molecule is CCc1cn(-c2ccnc3ccccc23)nc1C. The summed E-state index contributed by atoms with van der Waals surface area (Å²) in [5.74, 6) is 0. The smallest absolute Gasteiger partial charge is 0.0755 e. The zero-order chi connectivity index (χ0) is 12.5. The standard InChI is InChI=1S/C15H15N3/c1-3-12-10-18(17-11(12)2)15-8-9-16-14-7-5-4-6-13(14)15/h4-10H,3H2,1-2H3. The summed E-state index contributed by atoms with van der Waals surface area (Å²) >= 11 is 0. The van der Waals surface area contributed by atoms with Gasteiger partial charge in [0.25, 0.3) is 0 Å². The number of hydrogen-bond donors (Lipinski definition) is 0. The highest BCUT2D eigenvalue weighted by Gasteiger charge is 2.07. The van der Waals surface area contributed by atoms with Crippen LogP contribution < -0.4 is 0 Å². The Morgan fingerprint density at radius 1 is 1.17 bits per heavy atom. The van der Waals surface area contributed by atoms with Crippen LogP contribution >= 0.6 is 0 Å². The maximum atomic E-state index is 4.59. The third kappa shape index (κ3) is 1.68. The maximum absolute atomic E-state index is 4.59. The van der Waals surface area contributed by atoms with Gasteiger partial charge in [-0.2, -0.15) is 5.10 Å². The Hall–Kier alpha value is -2.16. The molecule has 0 fully saturated rings. The molecule has 0 spiro atoms. The van der Waals surface area contributed by atoms with Gasteiger partial charge in [-0.25, -0.2) is 4.68 Å². The van der Waals surface area contributed by atoms with Gasteiger partial charge in [0.15, 0.2) is 0 Å². The van der Waals surface area contributed by atoms with Gasteiger partial charge in [-0.05, 0) is 31.0 Å². The third-order valence-electron chi connectivity index (χ3n) is 3.25. The monoisotopic (exact) mass is 237 g/mol. The van der Waals surface area contributed by atoms with Crippen molar-refractivity contribution in [2.24, 2.45) is 0 Å². The van der Waals surface area contributed by atoms with Gasteiger partial charge in [-0.15, -0.1) is 0 Å². The molecule has 0 atom stereocenters. The van der Waals surface area contributed by atoms with E-state index in [0.717, 1.165) is 28.7 Å². The molecule has 90 valence electrons. The lowest BCUT2D eigenvalue weighted by Crippen LogP contribution is -1.96. The van der Waals surface area contributed by atoms with Crippen LogP contribution in [-0.2, 0) is 6.42 Å². The summed E-state index contributed by atoms with van der Waals surface area (Å²) in [6.45, 7) is 4.21. The second-order valence-electron chi connectivity index (χ2n) is 4.39. The summed E-state index contributed by atoms with van der Waals surface area (Å²) in [5.41, 5.74) is 4.47. The summed E-state index contributed by atoms with van der Waals surface area (Å²) in [5, 5.41) is 5.72. The first kappa shape index (κ1) is 11.0. The Labute approximate surface area is 106 Å². The zero-order valence-electron chi connectivity index (χ0n) is 10.6. The van der Waals surface area contributed by atoms with Gasteiger partial charge in [0.05, 0.1) is 16.9 Å². The average molecular weight is 237 g/mol. The summed E-state index contributed by atoms with van der Waals surface area (Å²) in [6.07, 6.45) is 4.95. The summed E-state index contributed by atoms with van der Waals surface area (Å²) < 4.78 is 1.96. The normalized spacial score (nSPS) is 11.0. The molecule has 0 unspecified atom stereocenters. The molecule has 0 saturated carbocycles. The number of benzene rings is 1. The van der Waals surface area contributed by atoms with Crippen LogP contribution in [0.15, 0.2) is 42.7 Å². The Balaban J connectivity index is 2.24. The number of nitrogens with zero attached hydrogens (tertiary/aromatic N) is 3. The first-order chi connectivity index (χ1) is 8.79. The van der Waals surface area contributed by atoms with Gasteiger partial charge >= 0.3 is 0 Å². The van der Waals surface area contributed by atoms with Gasteiger partial charge in [0.1, 0.15) is 0 Å². The number of pyridine rings is 1. The largest absolute Gasteiger partial charge is 0.256 e. The number of fused-ring (bicyclic) bond motifs is 1. The van der Waals surface area contributed by atoms with Crippen molar-refractivity contribution in [3.63, 3.8) is 0 Å². The van der Waals surface area contributed by atoms with Crippen molar-refractivity contribution in [3.8, 4) is 5.69 Å². The van der Waals surface area contributed by atoms with Crippen LogP contribution in [0, 0.1) is 6.92 Å². The lowest BCUT2D eigenvalue weighted by atomic mass is 10.2. The van der Waals surface area contributed by atoms with Crippen molar-refractivity contribution >= 4 is 10.9 Å². The van der Waals surface area contributed by atoms with Crippen LogP contribution in [0.5, 0.6) is 0 Å². The van der Waals surface area contributed by atoms with E-state index in [9.17, 15) is 0 Å². The predicted molar refractivity (Wildman–Crippen MR) is 73.0 cm³/mol. The first-order valence-corrected chi connectivity index (χ1v) is 6.19. The Kier molecular flexibility index (Phi) is 2.59. The molecular weight excluding hydrogens is 222 g/mol. The van der Waals surface area contributed by atoms with Crippen LogP contribution in [0.3, 0.4) is 0 Å². The molecule has 3 aromatic rings. The molecule has 0 saturated heterocycles. The van der Waals surface area contributed by atoms with Crippen LogP contribution in [-0.4, -0.2) is 14.8 Å². The van der Waals surface area contributed by atoms with Crippen molar-refractivity contribution in [1.82, 2.24) is 14.8 Å².